The normalized spacial score (nSPS) is 12.4. The van der Waals surface area contributed by atoms with Crippen LogP contribution in [0.4, 0.5) is 18.9 Å². The number of carboxylic acid groups (broad SMARTS) is 1. The van der Waals surface area contributed by atoms with E-state index in [-0.39, 0.29) is 28.3 Å². The van der Waals surface area contributed by atoms with Gasteiger partial charge in [0.25, 0.3) is 5.91 Å². The van der Waals surface area contributed by atoms with Gasteiger partial charge in [0, 0.05) is 5.69 Å². The van der Waals surface area contributed by atoms with Crippen LogP contribution in [0.25, 0.3) is 0 Å². The molecule has 0 saturated heterocycles. The first-order chi connectivity index (χ1) is 18.9. The molecule has 13 heteroatoms. The molecule has 0 aromatic heterocycles. The van der Waals surface area contributed by atoms with Gasteiger partial charge in [-0.1, -0.05) is 18.2 Å². The molecule has 2 N–H and O–H groups in total. The van der Waals surface area contributed by atoms with Crippen LogP contribution in [-0.4, -0.2) is 55.3 Å². The van der Waals surface area contributed by atoms with E-state index in [1.54, 1.807) is 0 Å². The molecule has 0 aliphatic heterocycles. The van der Waals surface area contributed by atoms with Gasteiger partial charge in [-0.05, 0) is 54.6 Å². The summed E-state index contributed by atoms with van der Waals surface area (Å²) in [6.45, 7) is 0. The predicted molar refractivity (Wildman–Crippen MR) is 132 cm³/mol. The van der Waals surface area contributed by atoms with Crippen LogP contribution in [0.3, 0.4) is 0 Å². The van der Waals surface area contributed by atoms with Crippen LogP contribution in [0, 0.1) is 0 Å². The van der Waals surface area contributed by atoms with Gasteiger partial charge in [-0.25, -0.2) is 14.4 Å². The number of aliphatic carboxylic acids is 1. The highest BCUT2D eigenvalue weighted by molar-refractivity contribution is 6.01. The van der Waals surface area contributed by atoms with E-state index < -0.39 is 47.8 Å². The number of carboxylic acids is 1. The third kappa shape index (κ3) is 7.49. The van der Waals surface area contributed by atoms with Gasteiger partial charge in [0.2, 0.25) is 12.2 Å². The van der Waals surface area contributed by atoms with Crippen LogP contribution in [0.1, 0.15) is 26.3 Å². The minimum atomic E-state index is -4.74. The largest absolute Gasteiger partial charge is 0.497 e. The van der Waals surface area contributed by atoms with Gasteiger partial charge in [0.15, 0.2) is 0 Å². The summed E-state index contributed by atoms with van der Waals surface area (Å²) in [7, 11) is 2.66. The molecule has 0 aliphatic rings. The van der Waals surface area contributed by atoms with Crippen molar-refractivity contribution in [2.75, 3.05) is 19.5 Å². The third-order valence-corrected chi connectivity index (χ3v) is 5.31. The number of hydrogen-bond donors (Lipinski definition) is 2. The van der Waals surface area contributed by atoms with Gasteiger partial charge in [-0.2, -0.15) is 13.2 Å². The Bertz CT molecular complexity index is 1410. The summed E-state index contributed by atoms with van der Waals surface area (Å²) < 4.78 is 59.7. The van der Waals surface area contributed by atoms with Gasteiger partial charge in [-0.15, -0.1) is 0 Å². The number of carbonyl (C=O) groups is 4. The molecule has 0 saturated carbocycles. The molecule has 10 nitrogen and oxygen atoms in total. The van der Waals surface area contributed by atoms with Crippen LogP contribution in [0.5, 0.6) is 11.5 Å². The van der Waals surface area contributed by atoms with Crippen molar-refractivity contribution in [2.45, 2.75) is 18.4 Å². The smallest absolute Gasteiger partial charge is 0.416 e. The number of carbonyl (C=O) groups excluding carboxylic acids is 3. The topological polar surface area (TPSA) is 137 Å². The van der Waals surface area contributed by atoms with E-state index >= 15 is 0 Å². The molecule has 0 aliphatic carbocycles. The summed E-state index contributed by atoms with van der Waals surface area (Å²) in [5.41, 5.74) is -1.79. The van der Waals surface area contributed by atoms with Crippen LogP contribution in [-0.2, 0) is 25.2 Å². The zero-order chi connectivity index (χ0) is 29.4. The van der Waals surface area contributed by atoms with Gasteiger partial charge < -0.3 is 29.4 Å². The molecule has 0 spiro atoms. The average Bonchev–Trinajstić information content (AvgIpc) is 2.94. The number of ether oxygens (including phenoxy) is 4. The standard InChI is InChI=1S/C27H22F3NO9/c1-37-19-10-3-6-15(12-19)25(35)39-21(23(32)31-18-9-5-8-17(14-18)27(28,29)30)22(24(33)34)40-26(36)16-7-4-11-20(13-16)38-2/h3-14,21-22H,1-2H3,(H,31,32)(H,33,34)/t21-,22+/m0/s1. The Kier molecular flexibility index (Phi) is 9.33. The van der Waals surface area contributed by atoms with Crippen LogP contribution in [0.2, 0.25) is 0 Å². The number of halogens is 3. The van der Waals surface area contributed by atoms with Crippen molar-refractivity contribution >= 4 is 29.5 Å². The third-order valence-electron chi connectivity index (χ3n) is 5.31. The molecule has 40 heavy (non-hydrogen) atoms. The van der Waals surface area contributed by atoms with E-state index in [0.717, 1.165) is 18.2 Å². The van der Waals surface area contributed by atoms with Crippen molar-refractivity contribution < 1.29 is 56.4 Å². The first-order valence-electron chi connectivity index (χ1n) is 11.3. The maximum atomic E-state index is 13.2. The Balaban J connectivity index is 1.96. The number of esters is 2. The predicted octanol–water partition coefficient (Wildman–Crippen LogP) is 4.20. The maximum absolute atomic E-state index is 13.2. The van der Waals surface area contributed by atoms with Gasteiger partial charge >= 0.3 is 24.1 Å². The fourth-order valence-corrected chi connectivity index (χ4v) is 3.35. The number of nitrogens with one attached hydrogen (secondary N) is 1. The second-order valence-electron chi connectivity index (χ2n) is 8.02. The van der Waals surface area contributed by atoms with Crippen LogP contribution >= 0.6 is 0 Å². The van der Waals surface area contributed by atoms with E-state index in [2.05, 4.69) is 5.32 Å². The Hall–Kier alpha value is -5.07. The molecular weight excluding hydrogens is 539 g/mol. The van der Waals surface area contributed by atoms with E-state index in [0.29, 0.717) is 6.07 Å². The van der Waals surface area contributed by atoms with Crippen molar-refractivity contribution in [1.29, 1.82) is 0 Å². The summed E-state index contributed by atoms with van der Waals surface area (Å²) in [6, 6.07) is 14.4. The molecule has 0 radical (unpaired) electrons. The molecule has 1 amide bonds. The number of rotatable bonds is 10. The van der Waals surface area contributed by atoms with Crippen molar-refractivity contribution in [1.82, 2.24) is 0 Å². The monoisotopic (exact) mass is 561 g/mol. The van der Waals surface area contributed by atoms with Crippen molar-refractivity contribution in [3.05, 3.63) is 89.5 Å². The van der Waals surface area contributed by atoms with E-state index in [9.17, 15) is 37.5 Å². The molecule has 3 aromatic carbocycles. The van der Waals surface area contributed by atoms with Gasteiger partial charge in [0.1, 0.15) is 11.5 Å². The zero-order valence-electron chi connectivity index (χ0n) is 20.9. The highest BCUT2D eigenvalue weighted by Crippen LogP contribution is 2.31. The summed E-state index contributed by atoms with van der Waals surface area (Å²) in [4.78, 5) is 50.9. The van der Waals surface area contributed by atoms with Gasteiger partial charge in [-0.3, -0.25) is 4.79 Å². The molecule has 210 valence electrons. The maximum Gasteiger partial charge on any atom is 0.416 e. The lowest BCUT2D eigenvalue weighted by atomic mass is 10.1. The summed E-state index contributed by atoms with van der Waals surface area (Å²) in [5.74, 6) is -5.18. The lowest BCUT2D eigenvalue weighted by Gasteiger charge is -2.24. The van der Waals surface area contributed by atoms with Crippen LogP contribution in [0.15, 0.2) is 72.8 Å². The van der Waals surface area contributed by atoms with E-state index in [1.807, 2.05) is 0 Å². The molecule has 0 heterocycles. The molecule has 0 unspecified atom stereocenters. The number of benzene rings is 3. The fraction of sp³-hybridized carbons (Fsp3) is 0.185. The van der Waals surface area contributed by atoms with Crippen molar-refractivity contribution in [2.24, 2.45) is 0 Å². The van der Waals surface area contributed by atoms with Crippen molar-refractivity contribution in [3.63, 3.8) is 0 Å². The number of methoxy groups -OCH3 is 2. The van der Waals surface area contributed by atoms with Gasteiger partial charge in [0.05, 0.1) is 30.9 Å². The van der Waals surface area contributed by atoms with Crippen molar-refractivity contribution in [3.8, 4) is 11.5 Å². The quantitative estimate of drug-likeness (QED) is 0.349. The Morgan fingerprint density at radius 1 is 0.750 bits per heavy atom. The molecule has 3 aromatic rings. The number of hydrogen-bond acceptors (Lipinski definition) is 8. The lowest BCUT2D eigenvalue weighted by Crippen LogP contribution is -2.48. The SMILES string of the molecule is COc1cccc(C(=O)O[C@H](C(=O)Nc2cccc(C(F)(F)F)c2)[C@@H](OC(=O)c2cccc(OC)c2)C(=O)O)c1. The Morgan fingerprint density at radius 2 is 1.25 bits per heavy atom. The second-order valence-corrected chi connectivity index (χ2v) is 8.02. The summed E-state index contributed by atoms with van der Waals surface area (Å²) in [6.07, 6.45) is -9.48. The minimum Gasteiger partial charge on any atom is -0.497 e. The van der Waals surface area contributed by atoms with Crippen LogP contribution < -0.4 is 14.8 Å². The molecule has 0 fully saturated rings. The minimum absolute atomic E-state index is 0.151. The summed E-state index contributed by atoms with van der Waals surface area (Å²) >= 11 is 0. The number of anilines is 1. The fourth-order valence-electron chi connectivity index (χ4n) is 3.35. The average molecular weight is 561 g/mol. The molecule has 3 rings (SSSR count). The molecule has 0 bridgehead atoms. The van der Waals surface area contributed by atoms with E-state index in [1.165, 1.54) is 62.8 Å². The first kappa shape index (κ1) is 29.5. The summed E-state index contributed by atoms with van der Waals surface area (Å²) in [5, 5.41) is 11.9. The molecular formula is C27H22F3NO9. The highest BCUT2D eigenvalue weighted by Gasteiger charge is 2.41. The first-order valence-corrected chi connectivity index (χ1v) is 11.3. The Labute approximate surface area is 225 Å². The Morgan fingerprint density at radius 3 is 1.73 bits per heavy atom. The second kappa shape index (κ2) is 12.7. The zero-order valence-corrected chi connectivity index (χ0v) is 20.9. The number of alkyl halides is 3. The highest BCUT2D eigenvalue weighted by atomic mass is 19.4. The number of amides is 1. The lowest BCUT2D eigenvalue weighted by molar-refractivity contribution is -0.157. The van der Waals surface area contributed by atoms with E-state index in [4.69, 9.17) is 18.9 Å². The molecule has 2 atom stereocenters.